The topological polar surface area (TPSA) is 70.3 Å². The molecule has 0 saturated heterocycles. The van der Waals surface area contributed by atoms with E-state index in [2.05, 4.69) is 53.3 Å². The predicted octanol–water partition coefficient (Wildman–Crippen LogP) is 7.49. The van der Waals surface area contributed by atoms with Gasteiger partial charge in [0.05, 0.1) is 23.5 Å². The van der Waals surface area contributed by atoms with Crippen molar-refractivity contribution in [1.29, 1.82) is 0 Å². The smallest absolute Gasteiger partial charge is 0.411 e. The van der Waals surface area contributed by atoms with E-state index >= 15 is 0 Å². The number of nitrogens with zero attached hydrogens (tertiary/aromatic N) is 3. The Hall–Kier alpha value is -3.74. The van der Waals surface area contributed by atoms with Gasteiger partial charge in [-0.25, -0.2) is 4.79 Å². The number of nitrogens with one attached hydrogen (secondary N) is 1. The summed E-state index contributed by atoms with van der Waals surface area (Å²) in [6.45, 7) is 6.73. The second-order valence-corrected chi connectivity index (χ2v) is 10.8. The standard InChI is InChI=1S/C31H36N4O3/c1-5-37-25-15-16-26-27(17-25)35(24-7-6-8-24)30(28(26)29-19(2)18-34(4)33-29)22-11-13-23(14-12-22)32-31(36)38-20(3)21-9-10-21/h11-18,20-21,24H,5-10H2,1-4H3,(H,32,36). The van der Waals surface area contributed by atoms with E-state index in [-0.39, 0.29) is 6.10 Å². The van der Waals surface area contributed by atoms with E-state index in [0.717, 1.165) is 65.2 Å². The van der Waals surface area contributed by atoms with Crippen LogP contribution in [0.3, 0.4) is 0 Å². The number of amides is 1. The quantitative estimate of drug-likeness (QED) is 0.266. The summed E-state index contributed by atoms with van der Waals surface area (Å²) in [4.78, 5) is 12.4. The summed E-state index contributed by atoms with van der Waals surface area (Å²) in [6, 6.07) is 14.9. The van der Waals surface area contributed by atoms with Gasteiger partial charge >= 0.3 is 6.09 Å². The zero-order chi connectivity index (χ0) is 26.4. The van der Waals surface area contributed by atoms with E-state index in [1.165, 1.54) is 17.3 Å². The Morgan fingerprint density at radius 3 is 2.50 bits per heavy atom. The van der Waals surface area contributed by atoms with Crippen LogP contribution in [0.4, 0.5) is 10.5 Å². The Morgan fingerprint density at radius 1 is 1.13 bits per heavy atom. The van der Waals surface area contributed by atoms with Gasteiger partial charge in [-0.1, -0.05) is 12.1 Å². The molecule has 2 aromatic carbocycles. The summed E-state index contributed by atoms with van der Waals surface area (Å²) in [5, 5.41) is 8.97. The van der Waals surface area contributed by atoms with Crippen molar-refractivity contribution in [1.82, 2.24) is 14.3 Å². The normalized spacial score (nSPS) is 16.3. The van der Waals surface area contributed by atoms with E-state index in [1.807, 2.05) is 37.7 Å². The monoisotopic (exact) mass is 512 g/mol. The third-order valence-corrected chi connectivity index (χ3v) is 7.96. The summed E-state index contributed by atoms with van der Waals surface area (Å²) in [6.07, 6.45) is 7.46. The van der Waals surface area contributed by atoms with Crippen LogP contribution in [0.15, 0.2) is 48.7 Å². The van der Waals surface area contributed by atoms with Gasteiger partial charge in [-0.2, -0.15) is 5.10 Å². The number of hydrogen-bond acceptors (Lipinski definition) is 4. The average Bonchev–Trinajstić information content (AvgIpc) is 3.59. The molecule has 0 spiro atoms. The predicted molar refractivity (Wildman–Crippen MR) is 151 cm³/mol. The molecule has 0 aliphatic heterocycles. The van der Waals surface area contributed by atoms with Crippen molar-refractivity contribution in [2.24, 2.45) is 13.0 Å². The van der Waals surface area contributed by atoms with Gasteiger partial charge in [-0.15, -0.1) is 0 Å². The first kappa shape index (κ1) is 24.6. The van der Waals surface area contributed by atoms with E-state index < -0.39 is 6.09 Å². The number of benzene rings is 2. The number of rotatable bonds is 8. The first-order valence-electron chi connectivity index (χ1n) is 13.8. The van der Waals surface area contributed by atoms with Crippen molar-refractivity contribution < 1.29 is 14.3 Å². The minimum absolute atomic E-state index is 0.0433. The fraction of sp³-hybridized carbons (Fsp3) is 0.419. The second-order valence-electron chi connectivity index (χ2n) is 10.8. The summed E-state index contributed by atoms with van der Waals surface area (Å²) in [5.41, 5.74) is 7.44. The molecule has 2 fully saturated rings. The summed E-state index contributed by atoms with van der Waals surface area (Å²) in [5.74, 6) is 1.39. The molecular formula is C31H36N4O3. The molecule has 1 N–H and O–H groups in total. The maximum absolute atomic E-state index is 12.4. The molecule has 1 amide bonds. The molecule has 38 heavy (non-hydrogen) atoms. The van der Waals surface area contributed by atoms with E-state index in [9.17, 15) is 4.79 Å². The molecule has 1 unspecified atom stereocenters. The van der Waals surface area contributed by atoms with Crippen molar-refractivity contribution in [2.75, 3.05) is 11.9 Å². The number of anilines is 1. The molecule has 2 saturated carbocycles. The summed E-state index contributed by atoms with van der Waals surface area (Å²) < 4.78 is 15.8. The maximum atomic E-state index is 12.4. The highest BCUT2D eigenvalue weighted by Gasteiger charge is 2.31. The lowest BCUT2D eigenvalue weighted by Crippen LogP contribution is -2.21. The van der Waals surface area contributed by atoms with Crippen molar-refractivity contribution in [2.45, 2.75) is 65.0 Å². The van der Waals surface area contributed by atoms with Crippen LogP contribution < -0.4 is 10.1 Å². The molecular weight excluding hydrogens is 476 g/mol. The molecule has 2 heterocycles. The van der Waals surface area contributed by atoms with Crippen LogP contribution in [-0.4, -0.2) is 33.2 Å². The van der Waals surface area contributed by atoms with Gasteiger partial charge in [-0.3, -0.25) is 10.00 Å². The van der Waals surface area contributed by atoms with Crippen LogP contribution in [0.25, 0.3) is 33.4 Å². The molecule has 4 aromatic rings. The number of carbonyl (C=O) groups excluding carboxylic acids is 1. The summed E-state index contributed by atoms with van der Waals surface area (Å²) >= 11 is 0. The van der Waals surface area contributed by atoms with Crippen LogP contribution in [0.2, 0.25) is 0 Å². The third-order valence-electron chi connectivity index (χ3n) is 7.96. The Balaban J connectivity index is 1.44. The molecule has 2 aliphatic rings. The first-order valence-corrected chi connectivity index (χ1v) is 13.8. The van der Waals surface area contributed by atoms with Crippen LogP contribution in [0, 0.1) is 12.8 Å². The molecule has 1 atom stereocenters. The molecule has 0 radical (unpaired) electrons. The van der Waals surface area contributed by atoms with Gasteiger partial charge in [0.15, 0.2) is 0 Å². The summed E-state index contributed by atoms with van der Waals surface area (Å²) in [7, 11) is 1.97. The van der Waals surface area contributed by atoms with Crippen LogP contribution in [0.1, 0.15) is 57.6 Å². The average molecular weight is 513 g/mol. The van der Waals surface area contributed by atoms with E-state index in [4.69, 9.17) is 14.6 Å². The minimum Gasteiger partial charge on any atom is -0.494 e. The highest BCUT2D eigenvalue weighted by atomic mass is 16.6. The fourth-order valence-corrected chi connectivity index (χ4v) is 5.64. The Morgan fingerprint density at radius 2 is 1.89 bits per heavy atom. The lowest BCUT2D eigenvalue weighted by molar-refractivity contribution is 0.108. The second kappa shape index (κ2) is 9.86. The number of fused-ring (bicyclic) bond motifs is 1. The number of ether oxygens (including phenoxy) is 2. The Bertz CT molecular complexity index is 1480. The fourth-order valence-electron chi connectivity index (χ4n) is 5.64. The SMILES string of the molecule is CCOc1ccc2c(-c3nn(C)cc3C)c(-c3ccc(NC(=O)OC(C)C4CC4)cc3)n(C3CCC3)c2c1. The van der Waals surface area contributed by atoms with Gasteiger partial charge in [0.25, 0.3) is 0 Å². The zero-order valence-corrected chi connectivity index (χ0v) is 22.7. The van der Waals surface area contributed by atoms with Crippen molar-refractivity contribution >= 4 is 22.7 Å². The Labute approximate surface area is 223 Å². The highest BCUT2D eigenvalue weighted by molar-refractivity contribution is 6.05. The zero-order valence-electron chi connectivity index (χ0n) is 22.7. The van der Waals surface area contributed by atoms with Gasteiger partial charge < -0.3 is 14.0 Å². The van der Waals surface area contributed by atoms with Crippen LogP contribution in [0.5, 0.6) is 5.75 Å². The number of aryl methyl sites for hydroxylation is 2. The van der Waals surface area contributed by atoms with E-state index in [0.29, 0.717) is 18.6 Å². The molecule has 7 nitrogen and oxygen atoms in total. The molecule has 198 valence electrons. The highest BCUT2D eigenvalue weighted by Crippen LogP contribution is 2.47. The first-order chi connectivity index (χ1) is 18.4. The molecule has 0 bridgehead atoms. The van der Waals surface area contributed by atoms with Gasteiger partial charge in [0.1, 0.15) is 11.9 Å². The van der Waals surface area contributed by atoms with E-state index in [1.54, 1.807) is 0 Å². The van der Waals surface area contributed by atoms with Crippen molar-refractivity contribution in [3.63, 3.8) is 0 Å². The minimum atomic E-state index is -0.394. The number of hydrogen-bond donors (Lipinski definition) is 1. The Kier molecular flexibility index (Phi) is 6.38. The van der Waals surface area contributed by atoms with Crippen molar-refractivity contribution in [3.8, 4) is 28.3 Å². The van der Waals surface area contributed by atoms with Gasteiger partial charge in [0, 0.05) is 42.0 Å². The number of carbonyl (C=O) groups is 1. The van der Waals surface area contributed by atoms with Crippen LogP contribution in [-0.2, 0) is 11.8 Å². The van der Waals surface area contributed by atoms with Crippen molar-refractivity contribution in [3.05, 3.63) is 54.2 Å². The van der Waals surface area contributed by atoms with Gasteiger partial charge in [-0.05, 0) is 94.2 Å². The van der Waals surface area contributed by atoms with Crippen LogP contribution >= 0.6 is 0 Å². The van der Waals surface area contributed by atoms with Gasteiger partial charge in [0.2, 0.25) is 0 Å². The molecule has 2 aromatic heterocycles. The lowest BCUT2D eigenvalue weighted by Gasteiger charge is -2.30. The largest absolute Gasteiger partial charge is 0.494 e. The maximum Gasteiger partial charge on any atom is 0.411 e. The molecule has 7 heteroatoms. The lowest BCUT2D eigenvalue weighted by atomic mass is 9.92. The molecule has 2 aliphatic carbocycles. The molecule has 6 rings (SSSR count). The number of aromatic nitrogens is 3. The third kappa shape index (κ3) is 4.55.